The summed E-state index contributed by atoms with van der Waals surface area (Å²) in [5.74, 6) is -0.192. The van der Waals surface area contributed by atoms with Crippen molar-refractivity contribution in [2.45, 2.75) is 19.4 Å². The molecular formula is C13H20N4O. The molecule has 18 heavy (non-hydrogen) atoms. The lowest BCUT2D eigenvalue weighted by molar-refractivity contribution is -0.123. The highest BCUT2D eigenvalue weighted by molar-refractivity contribution is 5.76. The highest BCUT2D eigenvalue weighted by atomic mass is 16.1. The van der Waals surface area contributed by atoms with Gasteiger partial charge in [-0.3, -0.25) is 14.7 Å². The maximum atomic E-state index is 11.2. The van der Waals surface area contributed by atoms with Crippen molar-refractivity contribution in [3.63, 3.8) is 0 Å². The van der Waals surface area contributed by atoms with E-state index in [2.05, 4.69) is 15.2 Å². The first kappa shape index (κ1) is 12.8. The summed E-state index contributed by atoms with van der Waals surface area (Å²) in [5.41, 5.74) is 7.46. The van der Waals surface area contributed by atoms with Gasteiger partial charge in [0.15, 0.2) is 0 Å². The predicted octanol–water partition coefficient (Wildman–Crippen LogP) is 0.821. The first-order valence-electron chi connectivity index (χ1n) is 6.33. The van der Waals surface area contributed by atoms with E-state index < -0.39 is 0 Å². The summed E-state index contributed by atoms with van der Waals surface area (Å²) >= 11 is 0. The van der Waals surface area contributed by atoms with Crippen LogP contribution in [0, 0.1) is 5.92 Å². The largest absolute Gasteiger partial charge is 0.388 e. The standard InChI is InChI=1S/C13H20N4O/c1-15-11-4-5-16-12(7-11)9-17-6-2-3-10(8-17)13(14)18/h4-5,7,10H,2-3,6,8-9H2,1H3,(H2,14,18)(H,15,16). The molecular weight excluding hydrogens is 228 g/mol. The summed E-state index contributed by atoms with van der Waals surface area (Å²) < 4.78 is 0. The van der Waals surface area contributed by atoms with Gasteiger partial charge in [0.25, 0.3) is 0 Å². The molecule has 3 N–H and O–H groups in total. The number of primary amides is 1. The van der Waals surface area contributed by atoms with Crippen molar-refractivity contribution in [2.24, 2.45) is 11.7 Å². The number of likely N-dealkylation sites (tertiary alicyclic amines) is 1. The minimum Gasteiger partial charge on any atom is -0.388 e. The average Bonchev–Trinajstić information content (AvgIpc) is 2.39. The summed E-state index contributed by atoms with van der Waals surface area (Å²) in [4.78, 5) is 17.8. The lowest BCUT2D eigenvalue weighted by Gasteiger charge is -2.30. The quantitative estimate of drug-likeness (QED) is 0.827. The normalized spacial score (nSPS) is 20.6. The van der Waals surface area contributed by atoms with Crippen molar-refractivity contribution < 1.29 is 4.79 Å². The third-order valence-electron chi connectivity index (χ3n) is 3.40. The molecule has 1 saturated heterocycles. The molecule has 5 heteroatoms. The van der Waals surface area contributed by atoms with E-state index in [1.165, 1.54) is 0 Å². The molecule has 1 fully saturated rings. The van der Waals surface area contributed by atoms with E-state index in [9.17, 15) is 4.79 Å². The molecule has 2 heterocycles. The molecule has 1 atom stereocenters. The summed E-state index contributed by atoms with van der Waals surface area (Å²) in [7, 11) is 1.89. The topological polar surface area (TPSA) is 71.2 Å². The van der Waals surface area contributed by atoms with Crippen LogP contribution in [-0.2, 0) is 11.3 Å². The van der Waals surface area contributed by atoms with Crippen LogP contribution in [0.5, 0.6) is 0 Å². The molecule has 98 valence electrons. The number of hydrogen-bond donors (Lipinski definition) is 2. The number of anilines is 1. The van der Waals surface area contributed by atoms with Crippen LogP contribution in [0.25, 0.3) is 0 Å². The van der Waals surface area contributed by atoms with Gasteiger partial charge < -0.3 is 11.1 Å². The van der Waals surface area contributed by atoms with E-state index in [4.69, 9.17) is 5.73 Å². The van der Waals surface area contributed by atoms with E-state index in [0.29, 0.717) is 0 Å². The molecule has 1 unspecified atom stereocenters. The molecule has 1 aliphatic rings. The number of nitrogens with one attached hydrogen (secondary N) is 1. The molecule has 1 aliphatic heterocycles. The van der Waals surface area contributed by atoms with Crippen molar-refractivity contribution in [3.05, 3.63) is 24.0 Å². The highest BCUT2D eigenvalue weighted by Gasteiger charge is 2.23. The summed E-state index contributed by atoms with van der Waals surface area (Å²) in [6.45, 7) is 2.54. The first-order valence-corrected chi connectivity index (χ1v) is 6.33. The Morgan fingerprint density at radius 3 is 3.22 bits per heavy atom. The maximum Gasteiger partial charge on any atom is 0.221 e. The molecule has 0 saturated carbocycles. The molecule has 0 aliphatic carbocycles. The van der Waals surface area contributed by atoms with Gasteiger partial charge in [0.1, 0.15) is 0 Å². The van der Waals surface area contributed by atoms with Gasteiger partial charge in [0.05, 0.1) is 11.6 Å². The number of aromatic nitrogens is 1. The van der Waals surface area contributed by atoms with Gasteiger partial charge in [-0.25, -0.2) is 0 Å². The molecule has 5 nitrogen and oxygen atoms in total. The second kappa shape index (κ2) is 5.82. The number of rotatable bonds is 4. The Morgan fingerprint density at radius 2 is 2.50 bits per heavy atom. The summed E-state index contributed by atoms with van der Waals surface area (Å²) in [6.07, 6.45) is 3.74. The fraction of sp³-hybridized carbons (Fsp3) is 0.538. The Labute approximate surface area is 107 Å². The summed E-state index contributed by atoms with van der Waals surface area (Å²) in [6, 6.07) is 3.97. The molecule has 0 spiro atoms. The number of hydrogen-bond acceptors (Lipinski definition) is 4. The second-order valence-electron chi connectivity index (χ2n) is 4.76. The van der Waals surface area contributed by atoms with Crippen molar-refractivity contribution in [2.75, 3.05) is 25.5 Å². The van der Waals surface area contributed by atoms with Crippen LogP contribution in [0.3, 0.4) is 0 Å². The van der Waals surface area contributed by atoms with Gasteiger partial charge in [-0.1, -0.05) is 0 Å². The molecule has 1 aromatic rings. The van der Waals surface area contributed by atoms with Crippen molar-refractivity contribution in [1.29, 1.82) is 0 Å². The third-order valence-corrected chi connectivity index (χ3v) is 3.40. The Balaban J connectivity index is 1.97. The van der Waals surface area contributed by atoms with Crippen LogP contribution in [0.1, 0.15) is 18.5 Å². The van der Waals surface area contributed by atoms with Crippen molar-refractivity contribution in [3.8, 4) is 0 Å². The number of amides is 1. The van der Waals surface area contributed by atoms with Crippen molar-refractivity contribution >= 4 is 11.6 Å². The van der Waals surface area contributed by atoms with Gasteiger partial charge in [-0.15, -0.1) is 0 Å². The number of nitrogens with two attached hydrogens (primary N) is 1. The predicted molar refractivity (Wildman–Crippen MR) is 71.0 cm³/mol. The number of pyridine rings is 1. The smallest absolute Gasteiger partial charge is 0.221 e. The van der Waals surface area contributed by atoms with Crippen LogP contribution in [0.4, 0.5) is 5.69 Å². The maximum absolute atomic E-state index is 11.2. The van der Waals surface area contributed by atoms with Crippen molar-refractivity contribution in [1.82, 2.24) is 9.88 Å². The Morgan fingerprint density at radius 1 is 1.67 bits per heavy atom. The summed E-state index contributed by atoms with van der Waals surface area (Å²) in [5, 5.41) is 3.10. The third kappa shape index (κ3) is 3.20. The lowest BCUT2D eigenvalue weighted by atomic mass is 9.97. The zero-order valence-electron chi connectivity index (χ0n) is 10.7. The van der Waals surface area contributed by atoms with E-state index in [1.54, 1.807) is 6.20 Å². The van der Waals surface area contributed by atoms with E-state index in [-0.39, 0.29) is 11.8 Å². The molecule has 0 radical (unpaired) electrons. The van der Waals surface area contributed by atoms with Crippen LogP contribution in [0.2, 0.25) is 0 Å². The van der Waals surface area contributed by atoms with Gasteiger partial charge in [-0.2, -0.15) is 0 Å². The zero-order valence-corrected chi connectivity index (χ0v) is 10.7. The monoisotopic (exact) mass is 248 g/mol. The van der Waals surface area contributed by atoms with Crippen LogP contribution >= 0.6 is 0 Å². The van der Waals surface area contributed by atoms with E-state index in [0.717, 1.165) is 43.9 Å². The van der Waals surface area contributed by atoms with E-state index in [1.807, 2.05) is 19.2 Å². The molecule has 0 bridgehead atoms. The van der Waals surface area contributed by atoms with Gasteiger partial charge >= 0.3 is 0 Å². The number of nitrogens with zero attached hydrogens (tertiary/aromatic N) is 2. The van der Waals surface area contributed by atoms with E-state index >= 15 is 0 Å². The van der Waals surface area contributed by atoms with Crippen LogP contribution in [0.15, 0.2) is 18.3 Å². The zero-order chi connectivity index (χ0) is 13.0. The Hall–Kier alpha value is -1.62. The van der Waals surface area contributed by atoms with Gasteiger partial charge in [0, 0.05) is 32.0 Å². The Bertz CT molecular complexity index is 421. The minimum absolute atomic E-state index is 0.00812. The highest BCUT2D eigenvalue weighted by Crippen LogP contribution is 2.18. The number of carbonyl (C=O) groups is 1. The molecule has 1 aromatic heterocycles. The fourth-order valence-electron chi connectivity index (χ4n) is 2.38. The Kier molecular flexibility index (Phi) is 4.15. The minimum atomic E-state index is -0.184. The average molecular weight is 248 g/mol. The first-order chi connectivity index (χ1) is 8.69. The van der Waals surface area contributed by atoms with Gasteiger partial charge in [0.2, 0.25) is 5.91 Å². The molecule has 0 aromatic carbocycles. The second-order valence-corrected chi connectivity index (χ2v) is 4.76. The van der Waals surface area contributed by atoms with Crippen LogP contribution < -0.4 is 11.1 Å². The number of carbonyl (C=O) groups excluding carboxylic acids is 1. The SMILES string of the molecule is CNc1ccnc(CN2CCCC(C(N)=O)C2)c1. The molecule has 2 rings (SSSR count). The van der Waals surface area contributed by atoms with Gasteiger partial charge in [-0.05, 0) is 31.5 Å². The van der Waals surface area contributed by atoms with Crippen LogP contribution in [-0.4, -0.2) is 35.9 Å². The fourth-order valence-corrected chi connectivity index (χ4v) is 2.38. The lowest BCUT2D eigenvalue weighted by Crippen LogP contribution is -2.40. The molecule has 1 amide bonds. The number of piperidine rings is 1.